The summed E-state index contributed by atoms with van der Waals surface area (Å²) in [6.45, 7) is 3.67. The van der Waals surface area contributed by atoms with Crippen LogP contribution >= 0.6 is 0 Å². The molecule has 1 aliphatic heterocycles. The van der Waals surface area contributed by atoms with Gasteiger partial charge in [0.1, 0.15) is 5.75 Å². The molecule has 0 aromatic heterocycles. The number of nitrogens with two attached hydrogens (primary N) is 1. The van der Waals surface area contributed by atoms with Crippen LogP contribution in [0.4, 0.5) is 0 Å². The fraction of sp³-hybridized carbons (Fsp3) is 0.500. The second kappa shape index (κ2) is 5.07. The lowest BCUT2D eigenvalue weighted by molar-refractivity contribution is 0.173. The van der Waals surface area contributed by atoms with Gasteiger partial charge in [0.2, 0.25) is 6.79 Å². The molecule has 0 radical (unpaired) electrons. The Kier molecular flexibility index (Phi) is 3.51. The van der Waals surface area contributed by atoms with E-state index in [0.29, 0.717) is 13.2 Å². The Morgan fingerprint density at radius 3 is 2.75 bits per heavy atom. The molecule has 0 aliphatic carbocycles. The van der Waals surface area contributed by atoms with E-state index in [4.69, 9.17) is 19.9 Å². The molecule has 0 atom stereocenters. The van der Waals surface area contributed by atoms with Crippen molar-refractivity contribution in [3.63, 3.8) is 0 Å². The van der Waals surface area contributed by atoms with Gasteiger partial charge in [-0.1, -0.05) is 6.92 Å². The zero-order valence-corrected chi connectivity index (χ0v) is 9.49. The highest BCUT2D eigenvalue weighted by Crippen LogP contribution is 2.38. The molecule has 0 unspecified atom stereocenters. The van der Waals surface area contributed by atoms with E-state index >= 15 is 0 Å². The van der Waals surface area contributed by atoms with Gasteiger partial charge in [0, 0.05) is 6.07 Å². The van der Waals surface area contributed by atoms with Crippen molar-refractivity contribution < 1.29 is 14.2 Å². The molecule has 0 amide bonds. The summed E-state index contributed by atoms with van der Waals surface area (Å²) in [6.07, 6.45) is 1.77. The van der Waals surface area contributed by atoms with Crippen molar-refractivity contribution in [2.45, 2.75) is 19.8 Å². The van der Waals surface area contributed by atoms with Crippen molar-refractivity contribution in [1.29, 1.82) is 0 Å². The summed E-state index contributed by atoms with van der Waals surface area (Å²) in [7, 11) is 0. The van der Waals surface area contributed by atoms with E-state index < -0.39 is 0 Å². The van der Waals surface area contributed by atoms with E-state index in [2.05, 4.69) is 6.92 Å². The second-order valence-electron chi connectivity index (χ2n) is 3.70. The smallest absolute Gasteiger partial charge is 0.231 e. The highest BCUT2D eigenvalue weighted by molar-refractivity contribution is 5.51. The summed E-state index contributed by atoms with van der Waals surface area (Å²) in [6, 6.07) is 3.85. The van der Waals surface area contributed by atoms with E-state index in [1.165, 1.54) is 0 Å². The van der Waals surface area contributed by atoms with Gasteiger partial charge in [0.25, 0.3) is 0 Å². The van der Waals surface area contributed by atoms with Crippen LogP contribution in [0.25, 0.3) is 0 Å². The van der Waals surface area contributed by atoms with Gasteiger partial charge in [-0.15, -0.1) is 0 Å². The molecule has 88 valence electrons. The third-order valence-electron chi connectivity index (χ3n) is 2.43. The van der Waals surface area contributed by atoms with E-state index in [1.54, 1.807) is 0 Å². The molecule has 2 N–H and O–H groups in total. The predicted molar refractivity (Wildman–Crippen MR) is 61.1 cm³/mol. The molecule has 1 heterocycles. The van der Waals surface area contributed by atoms with Crippen LogP contribution < -0.4 is 19.9 Å². The first-order chi connectivity index (χ1) is 7.85. The van der Waals surface area contributed by atoms with Gasteiger partial charge in [-0.25, -0.2) is 0 Å². The molecular weight excluding hydrogens is 206 g/mol. The third-order valence-corrected chi connectivity index (χ3v) is 2.43. The fourth-order valence-electron chi connectivity index (χ4n) is 1.66. The number of hydrogen-bond acceptors (Lipinski definition) is 4. The van der Waals surface area contributed by atoms with Crippen molar-refractivity contribution >= 4 is 0 Å². The molecule has 0 spiro atoms. The number of ether oxygens (including phenoxy) is 3. The maximum absolute atomic E-state index is 5.67. The predicted octanol–water partition coefficient (Wildman–Crippen LogP) is 1.71. The van der Waals surface area contributed by atoms with Crippen molar-refractivity contribution in [2.75, 3.05) is 19.9 Å². The molecular formula is C12H17NO3. The monoisotopic (exact) mass is 223 g/mol. The van der Waals surface area contributed by atoms with Gasteiger partial charge in [0.05, 0.1) is 6.61 Å². The highest BCUT2D eigenvalue weighted by atomic mass is 16.7. The van der Waals surface area contributed by atoms with E-state index in [1.807, 2.05) is 12.1 Å². The van der Waals surface area contributed by atoms with Crippen LogP contribution in [-0.2, 0) is 6.42 Å². The molecule has 4 heteroatoms. The lowest BCUT2D eigenvalue weighted by Gasteiger charge is -2.11. The van der Waals surface area contributed by atoms with Crippen LogP contribution in [0.1, 0.15) is 18.9 Å². The molecule has 16 heavy (non-hydrogen) atoms. The summed E-state index contributed by atoms with van der Waals surface area (Å²) in [5, 5.41) is 0. The highest BCUT2D eigenvalue weighted by Gasteiger charge is 2.17. The molecule has 1 aromatic rings. The zero-order chi connectivity index (χ0) is 11.4. The lowest BCUT2D eigenvalue weighted by atomic mass is 10.1. The molecule has 1 aromatic carbocycles. The van der Waals surface area contributed by atoms with Crippen molar-refractivity contribution in [2.24, 2.45) is 5.73 Å². The Bertz CT molecular complexity index is 366. The maximum atomic E-state index is 5.67. The molecule has 1 aliphatic rings. The van der Waals surface area contributed by atoms with Crippen LogP contribution in [-0.4, -0.2) is 19.9 Å². The number of benzene rings is 1. The Hall–Kier alpha value is -1.42. The van der Waals surface area contributed by atoms with E-state index in [9.17, 15) is 0 Å². The van der Waals surface area contributed by atoms with Crippen LogP contribution in [0, 0.1) is 0 Å². The Morgan fingerprint density at radius 1 is 1.31 bits per heavy atom. The van der Waals surface area contributed by atoms with Crippen molar-refractivity contribution in [3.05, 3.63) is 17.7 Å². The first-order valence-corrected chi connectivity index (χ1v) is 5.60. The maximum Gasteiger partial charge on any atom is 0.231 e. The average Bonchev–Trinajstić information content (AvgIpc) is 2.73. The fourth-order valence-corrected chi connectivity index (χ4v) is 1.66. The second-order valence-corrected chi connectivity index (χ2v) is 3.70. The SMILES string of the molecule is CCCOc1cc2c(cc1CCN)OCO2. The Morgan fingerprint density at radius 2 is 2.06 bits per heavy atom. The normalized spacial score (nSPS) is 12.9. The van der Waals surface area contributed by atoms with Crippen LogP contribution in [0.3, 0.4) is 0 Å². The minimum Gasteiger partial charge on any atom is -0.493 e. The first-order valence-electron chi connectivity index (χ1n) is 5.60. The number of fused-ring (bicyclic) bond motifs is 1. The largest absolute Gasteiger partial charge is 0.493 e. The number of rotatable bonds is 5. The van der Waals surface area contributed by atoms with Gasteiger partial charge in [0.15, 0.2) is 11.5 Å². The minimum atomic E-state index is 0.286. The summed E-state index contributed by atoms with van der Waals surface area (Å²) in [5.41, 5.74) is 6.66. The molecule has 4 nitrogen and oxygen atoms in total. The lowest BCUT2D eigenvalue weighted by Crippen LogP contribution is -2.06. The quantitative estimate of drug-likeness (QED) is 0.825. The van der Waals surface area contributed by atoms with Crippen molar-refractivity contribution in [3.8, 4) is 17.2 Å². The van der Waals surface area contributed by atoms with Crippen LogP contribution in [0.15, 0.2) is 12.1 Å². The molecule has 2 rings (SSSR count). The Balaban J connectivity index is 2.25. The summed E-state index contributed by atoms with van der Waals surface area (Å²) >= 11 is 0. The molecule has 0 saturated heterocycles. The topological polar surface area (TPSA) is 53.7 Å². The van der Waals surface area contributed by atoms with Gasteiger partial charge < -0.3 is 19.9 Å². The standard InChI is InChI=1S/C12H17NO3/c1-2-5-14-10-7-12-11(15-8-16-12)6-9(10)3-4-13/h6-7H,2-5,8,13H2,1H3. The average molecular weight is 223 g/mol. The zero-order valence-electron chi connectivity index (χ0n) is 9.49. The molecule has 0 saturated carbocycles. The molecule has 0 bridgehead atoms. The summed E-state index contributed by atoms with van der Waals surface area (Å²) in [5.74, 6) is 2.40. The van der Waals surface area contributed by atoms with Crippen molar-refractivity contribution in [1.82, 2.24) is 0 Å². The first kappa shape index (κ1) is 11.1. The summed E-state index contributed by atoms with van der Waals surface area (Å²) in [4.78, 5) is 0. The Labute approximate surface area is 95.3 Å². The van der Waals surface area contributed by atoms with Crippen LogP contribution in [0.2, 0.25) is 0 Å². The third kappa shape index (κ3) is 2.22. The summed E-state index contributed by atoms with van der Waals surface area (Å²) < 4.78 is 16.3. The van der Waals surface area contributed by atoms with Gasteiger partial charge in [-0.3, -0.25) is 0 Å². The van der Waals surface area contributed by atoms with E-state index in [-0.39, 0.29) is 6.79 Å². The van der Waals surface area contributed by atoms with E-state index in [0.717, 1.165) is 35.7 Å². The van der Waals surface area contributed by atoms with Gasteiger partial charge >= 0.3 is 0 Å². The van der Waals surface area contributed by atoms with Gasteiger partial charge in [-0.2, -0.15) is 0 Å². The molecule has 0 fully saturated rings. The van der Waals surface area contributed by atoms with Crippen LogP contribution in [0.5, 0.6) is 17.2 Å². The van der Waals surface area contributed by atoms with Gasteiger partial charge in [-0.05, 0) is 31.0 Å². The number of hydrogen-bond donors (Lipinski definition) is 1. The minimum absolute atomic E-state index is 0.286.